The highest BCUT2D eigenvalue weighted by Crippen LogP contribution is 2.05. The third-order valence-corrected chi connectivity index (χ3v) is 4.26. The standard InChI is InChI=1S/C14H15NO4.C7H5IO/c1-4-10-5-7-11(8-6-10)13(17)15-12(9(2)16)14(18)19-3;8-7-3-1-6(5-9)2-4-7/h1,5-9,12,16H,2-3H3,(H,15,17);1-5H/t9-,12+;/m1./s1. The topological polar surface area (TPSA) is 92.7 Å². The summed E-state index contributed by atoms with van der Waals surface area (Å²) in [5.74, 6) is 1.24. The molecule has 0 unspecified atom stereocenters. The van der Waals surface area contributed by atoms with Crippen molar-refractivity contribution in [2.45, 2.75) is 19.1 Å². The Labute approximate surface area is 177 Å². The SMILES string of the molecule is C#Cc1ccc(C(=O)N[C@H](C(=O)OC)[C@@H](C)O)cc1.O=Cc1ccc(I)cc1. The van der Waals surface area contributed by atoms with E-state index in [4.69, 9.17) is 6.42 Å². The minimum absolute atomic E-state index is 0.341. The maximum absolute atomic E-state index is 11.9. The maximum atomic E-state index is 11.9. The van der Waals surface area contributed by atoms with Gasteiger partial charge in [-0.15, -0.1) is 6.42 Å². The van der Waals surface area contributed by atoms with E-state index in [1.165, 1.54) is 14.0 Å². The lowest BCUT2D eigenvalue weighted by molar-refractivity contribution is -0.145. The van der Waals surface area contributed by atoms with Gasteiger partial charge in [-0.1, -0.05) is 18.1 Å². The van der Waals surface area contributed by atoms with Crippen molar-refractivity contribution >= 4 is 40.8 Å². The van der Waals surface area contributed by atoms with Crippen LogP contribution >= 0.6 is 22.6 Å². The Kier molecular flexibility index (Phi) is 9.92. The highest BCUT2D eigenvalue weighted by atomic mass is 127. The molecule has 0 fully saturated rings. The normalized spacial score (nSPS) is 11.7. The molecule has 2 aromatic rings. The number of esters is 1. The van der Waals surface area contributed by atoms with Crippen molar-refractivity contribution in [3.05, 3.63) is 68.8 Å². The number of nitrogens with one attached hydrogen (secondary N) is 1. The van der Waals surface area contributed by atoms with Crippen LogP contribution < -0.4 is 5.32 Å². The summed E-state index contributed by atoms with van der Waals surface area (Å²) in [4.78, 5) is 33.4. The van der Waals surface area contributed by atoms with E-state index in [2.05, 4.69) is 38.6 Å². The van der Waals surface area contributed by atoms with Crippen LogP contribution in [0.25, 0.3) is 0 Å². The Morgan fingerprint density at radius 2 is 1.75 bits per heavy atom. The van der Waals surface area contributed by atoms with E-state index in [0.717, 1.165) is 15.4 Å². The summed E-state index contributed by atoms with van der Waals surface area (Å²) in [6.45, 7) is 1.39. The highest BCUT2D eigenvalue weighted by Gasteiger charge is 2.26. The molecule has 2 N–H and O–H groups in total. The van der Waals surface area contributed by atoms with Gasteiger partial charge >= 0.3 is 5.97 Å². The minimum Gasteiger partial charge on any atom is -0.467 e. The van der Waals surface area contributed by atoms with E-state index in [0.29, 0.717) is 11.1 Å². The molecule has 0 aliphatic rings. The Balaban J connectivity index is 0.000000362. The molecular formula is C21H20INO5. The second-order valence-electron chi connectivity index (χ2n) is 5.61. The van der Waals surface area contributed by atoms with E-state index >= 15 is 0 Å². The first-order valence-corrected chi connectivity index (χ1v) is 9.24. The van der Waals surface area contributed by atoms with Gasteiger partial charge in [0, 0.05) is 20.3 Å². The number of hydrogen-bond acceptors (Lipinski definition) is 5. The molecule has 0 aromatic heterocycles. The Morgan fingerprint density at radius 3 is 2.18 bits per heavy atom. The molecule has 2 rings (SSSR count). The number of hydrogen-bond donors (Lipinski definition) is 2. The monoisotopic (exact) mass is 493 g/mol. The summed E-state index contributed by atoms with van der Waals surface area (Å²) in [6.07, 6.45) is 5.00. The molecular weight excluding hydrogens is 473 g/mol. The summed E-state index contributed by atoms with van der Waals surface area (Å²) in [7, 11) is 1.19. The summed E-state index contributed by atoms with van der Waals surface area (Å²) < 4.78 is 5.66. The number of terminal acetylenes is 1. The Bertz CT molecular complexity index is 839. The van der Waals surface area contributed by atoms with Crippen molar-refractivity contribution in [2.75, 3.05) is 7.11 Å². The Hall–Kier alpha value is -2.70. The molecule has 7 heteroatoms. The van der Waals surface area contributed by atoms with Crippen molar-refractivity contribution < 1.29 is 24.2 Å². The van der Waals surface area contributed by atoms with E-state index in [1.54, 1.807) is 36.4 Å². The Morgan fingerprint density at radius 1 is 1.18 bits per heavy atom. The first-order valence-electron chi connectivity index (χ1n) is 8.16. The number of carbonyl (C=O) groups excluding carboxylic acids is 3. The maximum Gasteiger partial charge on any atom is 0.331 e. The van der Waals surface area contributed by atoms with E-state index in [9.17, 15) is 19.5 Å². The van der Waals surface area contributed by atoms with Crippen LogP contribution in [0.4, 0.5) is 0 Å². The molecule has 0 saturated carbocycles. The zero-order valence-electron chi connectivity index (χ0n) is 15.4. The zero-order chi connectivity index (χ0) is 21.1. The molecule has 0 aliphatic carbocycles. The predicted octanol–water partition coefficient (Wildman–Crippen LogP) is 2.42. The average molecular weight is 493 g/mol. The molecule has 0 spiro atoms. The molecule has 0 aliphatic heterocycles. The second kappa shape index (κ2) is 11.9. The first-order chi connectivity index (χ1) is 13.3. The summed E-state index contributed by atoms with van der Waals surface area (Å²) >= 11 is 2.20. The molecule has 146 valence electrons. The molecule has 1 amide bonds. The number of aliphatic hydroxyl groups excluding tert-OH is 1. The van der Waals surface area contributed by atoms with Gasteiger partial charge in [0.15, 0.2) is 6.04 Å². The van der Waals surface area contributed by atoms with Crippen LogP contribution in [0.2, 0.25) is 0 Å². The zero-order valence-corrected chi connectivity index (χ0v) is 17.5. The van der Waals surface area contributed by atoms with Crippen molar-refractivity contribution in [2.24, 2.45) is 0 Å². The van der Waals surface area contributed by atoms with Crippen LogP contribution in [0.3, 0.4) is 0 Å². The van der Waals surface area contributed by atoms with Gasteiger partial charge in [0.05, 0.1) is 13.2 Å². The van der Waals surface area contributed by atoms with Crippen LogP contribution in [0.5, 0.6) is 0 Å². The van der Waals surface area contributed by atoms with Crippen LogP contribution in [-0.2, 0) is 9.53 Å². The van der Waals surface area contributed by atoms with Gasteiger partial charge in [-0.25, -0.2) is 4.79 Å². The lowest BCUT2D eigenvalue weighted by Crippen LogP contribution is -2.48. The molecule has 0 bridgehead atoms. The van der Waals surface area contributed by atoms with Gasteiger partial charge < -0.3 is 15.2 Å². The first kappa shape index (κ1) is 23.3. The van der Waals surface area contributed by atoms with Crippen LogP contribution in [-0.4, -0.2) is 42.5 Å². The van der Waals surface area contributed by atoms with Crippen LogP contribution in [0, 0.1) is 15.9 Å². The molecule has 2 aromatic carbocycles. The number of methoxy groups -OCH3 is 1. The molecule has 0 heterocycles. The largest absolute Gasteiger partial charge is 0.467 e. The number of ether oxygens (including phenoxy) is 1. The van der Waals surface area contributed by atoms with Crippen molar-refractivity contribution in [3.8, 4) is 12.3 Å². The van der Waals surface area contributed by atoms with Gasteiger partial charge in [-0.05, 0) is 65.9 Å². The van der Waals surface area contributed by atoms with Gasteiger partial charge in [0.1, 0.15) is 6.29 Å². The summed E-state index contributed by atoms with van der Waals surface area (Å²) in [5.41, 5.74) is 1.72. The van der Waals surface area contributed by atoms with E-state index in [-0.39, 0.29) is 0 Å². The van der Waals surface area contributed by atoms with E-state index in [1.807, 2.05) is 12.1 Å². The molecule has 2 atom stereocenters. The van der Waals surface area contributed by atoms with Crippen molar-refractivity contribution in [3.63, 3.8) is 0 Å². The predicted molar refractivity (Wildman–Crippen MR) is 114 cm³/mol. The second-order valence-corrected chi connectivity index (χ2v) is 6.85. The lowest BCUT2D eigenvalue weighted by Gasteiger charge is -2.18. The lowest BCUT2D eigenvalue weighted by atomic mass is 10.1. The smallest absolute Gasteiger partial charge is 0.331 e. The third-order valence-electron chi connectivity index (χ3n) is 3.54. The van der Waals surface area contributed by atoms with Gasteiger partial charge in [-0.2, -0.15) is 0 Å². The summed E-state index contributed by atoms with van der Waals surface area (Å²) in [5, 5.41) is 11.9. The number of halogens is 1. The number of benzene rings is 2. The van der Waals surface area contributed by atoms with E-state index < -0.39 is 24.0 Å². The van der Waals surface area contributed by atoms with Gasteiger partial charge in [0.2, 0.25) is 0 Å². The third kappa shape index (κ3) is 7.50. The number of aliphatic hydroxyl groups is 1. The fourth-order valence-corrected chi connectivity index (χ4v) is 2.35. The van der Waals surface area contributed by atoms with Gasteiger partial charge in [0.25, 0.3) is 5.91 Å². The van der Waals surface area contributed by atoms with Crippen molar-refractivity contribution in [1.29, 1.82) is 0 Å². The number of carbonyl (C=O) groups is 3. The molecule has 0 radical (unpaired) electrons. The fraction of sp³-hybridized carbons (Fsp3) is 0.190. The highest BCUT2D eigenvalue weighted by molar-refractivity contribution is 14.1. The molecule has 28 heavy (non-hydrogen) atoms. The summed E-state index contributed by atoms with van der Waals surface area (Å²) in [6, 6.07) is 12.6. The molecule has 0 saturated heterocycles. The number of rotatable bonds is 5. The van der Waals surface area contributed by atoms with Crippen molar-refractivity contribution in [1.82, 2.24) is 5.32 Å². The fourth-order valence-electron chi connectivity index (χ4n) is 1.99. The van der Waals surface area contributed by atoms with Gasteiger partial charge in [-0.3, -0.25) is 9.59 Å². The number of aldehydes is 1. The van der Waals surface area contributed by atoms with Crippen LogP contribution in [0.1, 0.15) is 33.2 Å². The molecule has 6 nitrogen and oxygen atoms in total. The minimum atomic E-state index is -1.11. The number of amides is 1. The van der Waals surface area contributed by atoms with Crippen LogP contribution in [0.15, 0.2) is 48.5 Å². The quantitative estimate of drug-likeness (QED) is 0.289. The average Bonchev–Trinajstić information content (AvgIpc) is 2.72.